The molecule has 110 valence electrons. The standard InChI is InChI=1S/C15H28N2O2/c1-15(7-3-9-19-11-15)17-14(18)13-5-2-4-12(10-13)6-8-16/h12-13H,2-11,16H2,1H3,(H,17,18). The molecule has 19 heavy (non-hydrogen) atoms. The second kappa shape index (κ2) is 6.71. The predicted molar refractivity (Wildman–Crippen MR) is 75.7 cm³/mol. The van der Waals surface area contributed by atoms with Crippen LogP contribution in [-0.4, -0.2) is 31.2 Å². The van der Waals surface area contributed by atoms with Crippen LogP contribution >= 0.6 is 0 Å². The van der Waals surface area contributed by atoms with Crippen molar-refractivity contribution < 1.29 is 9.53 Å². The third-order valence-corrected chi connectivity index (χ3v) is 4.59. The monoisotopic (exact) mass is 268 g/mol. The number of hydrogen-bond donors (Lipinski definition) is 2. The Labute approximate surface area is 116 Å². The first-order chi connectivity index (χ1) is 9.13. The fraction of sp³-hybridized carbons (Fsp3) is 0.933. The van der Waals surface area contributed by atoms with Gasteiger partial charge in [0.15, 0.2) is 0 Å². The minimum Gasteiger partial charge on any atom is -0.379 e. The number of ether oxygens (including phenoxy) is 1. The summed E-state index contributed by atoms with van der Waals surface area (Å²) in [6.45, 7) is 4.32. The second-order valence-corrected chi connectivity index (χ2v) is 6.51. The predicted octanol–water partition coefficient (Wildman–Crippen LogP) is 1.83. The fourth-order valence-electron chi connectivity index (χ4n) is 3.46. The molecule has 1 aliphatic heterocycles. The highest BCUT2D eigenvalue weighted by atomic mass is 16.5. The average molecular weight is 268 g/mol. The zero-order valence-corrected chi connectivity index (χ0v) is 12.1. The van der Waals surface area contributed by atoms with E-state index in [1.807, 2.05) is 0 Å². The molecule has 2 rings (SSSR count). The molecule has 1 saturated heterocycles. The van der Waals surface area contributed by atoms with Crippen LogP contribution in [0.3, 0.4) is 0 Å². The van der Waals surface area contributed by atoms with Gasteiger partial charge in [-0.2, -0.15) is 0 Å². The first kappa shape index (κ1) is 14.8. The first-order valence-electron chi connectivity index (χ1n) is 7.73. The molecule has 1 saturated carbocycles. The van der Waals surface area contributed by atoms with Gasteiger partial charge in [0, 0.05) is 12.5 Å². The Morgan fingerprint density at radius 3 is 2.95 bits per heavy atom. The normalized spacial score (nSPS) is 35.9. The molecule has 4 heteroatoms. The summed E-state index contributed by atoms with van der Waals surface area (Å²) in [5.41, 5.74) is 5.48. The first-order valence-corrected chi connectivity index (χ1v) is 7.73. The van der Waals surface area contributed by atoms with Gasteiger partial charge in [0.25, 0.3) is 0 Å². The van der Waals surface area contributed by atoms with Gasteiger partial charge in [-0.25, -0.2) is 0 Å². The van der Waals surface area contributed by atoms with Crippen LogP contribution in [0.4, 0.5) is 0 Å². The van der Waals surface area contributed by atoms with Crippen LogP contribution in [0.15, 0.2) is 0 Å². The van der Waals surface area contributed by atoms with Crippen LogP contribution < -0.4 is 11.1 Å². The summed E-state index contributed by atoms with van der Waals surface area (Å²) in [6.07, 6.45) is 7.57. The molecule has 1 amide bonds. The molecule has 1 aliphatic carbocycles. The van der Waals surface area contributed by atoms with E-state index in [9.17, 15) is 4.79 Å². The van der Waals surface area contributed by atoms with Crippen LogP contribution in [0, 0.1) is 11.8 Å². The molecule has 3 atom stereocenters. The van der Waals surface area contributed by atoms with E-state index in [4.69, 9.17) is 10.5 Å². The molecule has 1 heterocycles. The molecule has 0 spiro atoms. The van der Waals surface area contributed by atoms with E-state index in [1.54, 1.807) is 0 Å². The number of nitrogens with two attached hydrogens (primary N) is 1. The van der Waals surface area contributed by atoms with Crippen LogP contribution in [0.1, 0.15) is 51.9 Å². The minimum absolute atomic E-state index is 0.157. The molecule has 0 bridgehead atoms. The van der Waals surface area contributed by atoms with Crippen molar-refractivity contribution in [3.63, 3.8) is 0 Å². The molecule has 0 aromatic carbocycles. The molecule has 0 aromatic heterocycles. The van der Waals surface area contributed by atoms with Crippen LogP contribution in [0.5, 0.6) is 0 Å². The van der Waals surface area contributed by atoms with Gasteiger partial charge in [0.05, 0.1) is 12.1 Å². The van der Waals surface area contributed by atoms with Crippen LogP contribution in [0.25, 0.3) is 0 Å². The van der Waals surface area contributed by atoms with Crippen molar-refractivity contribution in [1.82, 2.24) is 5.32 Å². The largest absolute Gasteiger partial charge is 0.379 e. The van der Waals surface area contributed by atoms with Gasteiger partial charge >= 0.3 is 0 Å². The lowest BCUT2D eigenvalue weighted by Gasteiger charge is -2.37. The molecule has 2 aliphatic rings. The van der Waals surface area contributed by atoms with E-state index in [0.717, 1.165) is 51.7 Å². The Morgan fingerprint density at radius 1 is 1.42 bits per heavy atom. The third kappa shape index (κ3) is 4.18. The summed E-state index contributed by atoms with van der Waals surface area (Å²) >= 11 is 0. The van der Waals surface area contributed by atoms with E-state index < -0.39 is 0 Å². The summed E-state index contributed by atoms with van der Waals surface area (Å²) in [6, 6.07) is 0. The molecule has 0 radical (unpaired) electrons. The van der Waals surface area contributed by atoms with Gasteiger partial charge in [-0.1, -0.05) is 12.8 Å². The topological polar surface area (TPSA) is 64.4 Å². The maximum Gasteiger partial charge on any atom is 0.223 e. The Morgan fingerprint density at radius 2 is 2.26 bits per heavy atom. The summed E-state index contributed by atoms with van der Waals surface area (Å²) in [5.74, 6) is 1.06. The lowest BCUT2D eigenvalue weighted by Crippen LogP contribution is -2.53. The molecule has 2 fully saturated rings. The third-order valence-electron chi connectivity index (χ3n) is 4.59. The van der Waals surface area contributed by atoms with Crippen molar-refractivity contribution in [2.24, 2.45) is 17.6 Å². The highest BCUT2D eigenvalue weighted by Gasteiger charge is 2.33. The summed E-state index contributed by atoms with van der Waals surface area (Å²) in [5, 5.41) is 3.23. The van der Waals surface area contributed by atoms with E-state index >= 15 is 0 Å². The molecule has 3 N–H and O–H groups in total. The lowest BCUT2D eigenvalue weighted by atomic mass is 9.79. The minimum atomic E-state index is -0.157. The summed E-state index contributed by atoms with van der Waals surface area (Å²) in [7, 11) is 0. The number of carbonyl (C=O) groups excluding carboxylic acids is 1. The lowest BCUT2D eigenvalue weighted by molar-refractivity contribution is -0.130. The molecular weight excluding hydrogens is 240 g/mol. The van der Waals surface area contributed by atoms with Gasteiger partial charge in [-0.3, -0.25) is 4.79 Å². The number of rotatable bonds is 4. The highest BCUT2D eigenvalue weighted by Crippen LogP contribution is 2.31. The maximum absolute atomic E-state index is 12.4. The Kier molecular flexibility index (Phi) is 5.22. The van der Waals surface area contributed by atoms with Crippen molar-refractivity contribution in [2.45, 2.75) is 57.4 Å². The molecule has 0 aromatic rings. The van der Waals surface area contributed by atoms with E-state index in [0.29, 0.717) is 12.5 Å². The van der Waals surface area contributed by atoms with Crippen molar-refractivity contribution in [1.29, 1.82) is 0 Å². The van der Waals surface area contributed by atoms with Crippen LogP contribution in [0.2, 0.25) is 0 Å². The zero-order chi connectivity index (χ0) is 13.7. The van der Waals surface area contributed by atoms with Crippen molar-refractivity contribution in [3.05, 3.63) is 0 Å². The maximum atomic E-state index is 12.4. The van der Waals surface area contributed by atoms with Crippen molar-refractivity contribution >= 4 is 5.91 Å². The fourth-order valence-corrected chi connectivity index (χ4v) is 3.46. The average Bonchev–Trinajstić information content (AvgIpc) is 2.40. The highest BCUT2D eigenvalue weighted by molar-refractivity contribution is 5.79. The molecule has 4 nitrogen and oxygen atoms in total. The van der Waals surface area contributed by atoms with Gasteiger partial charge in [-0.05, 0) is 51.5 Å². The van der Waals surface area contributed by atoms with Gasteiger partial charge in [-0.15, -0.1) is 0 Å². The Balaban J connectivity index is 1.84. The number of carbonyl (C=O) groups is 1. The van der Waals surface area contributed by atoms with Crippen LogP contribution in [-0.2, 0) is 9.53 Å². The van der Waals surface area contributed by atoms with Gasteiger partial charge < -0.3 is 15.8 Å². The van der Waals surface area contributed by atoms with E-state index in [-0.39, 0.29) is 17.4 Å². The van der Waals surface area contributed by atoms with Gasteiger partial charge in [0.2, 0.25) is 5.91 Å². The summed E-state index contributed by atoms with van der Waals surface area (Å²) in [4.78, 5) is 12.4. The quantitative estimate of drug-likeness (QED) is 0.817. The Hall–Kier alpha value is -0.610. The summed E-state index contributed by atoms with van der Waals surface area (Å²) < 4.78 is 5.50. The van der Waals surface area contributed by atoms with Crippen molar-refractivity contribution in [3.8, 4) is 0 Å². The SMILES string of the molecule is CC1(NC(=O)C2CCCC(CCN)C2)CCCOC1. The van der Waals surface area contributed by atoms with Crippen molar-refractivity contribution in [2.75, 3.05) is 19.8 Å². The number of amides is 1. The van der Waals surface area contributed by atoms with E-state index in [2.05, 4.69) is 12.2 Å². The molecule has 3 unspecified atom stereocenters. The number of nitrogens with one attached hydrogen (secondary N) is 1. The smallest absolute Gasteiger partial charge is 0.223 e. The number of hydrogen-bond acceptors (Lipinski definition) is 3. The van der Waals surface area contributed by atoms with Gasteiger partial charge in [0.1, 0.15) is 0 Å². The Bertz CT molecular complexity index is 299. The second-order valence-electron chi connectivity index (χ2n) is 6.51. The zero-order valence-electron chi connectivity index (χ0n) is 12.1. The van der Waals surface area contributed by atoms with E-state index in [1.165, 1.54) is 6.42 Å². The molecular formula is C15H28N2O2.